The number of carbonyl (C=O) groups excluding carboxylic acids is 2. The van der Waals surface area contributed by atoms with Crippen molar-refractivity contribution in [2.24, 2.45) is 0 Å². The van der Waals surface area contributed by atoms with E-state index in [9.17, 15) is 9.59 Å². The number of anilines is 1. The molecule has 30 heavy (non-hydrogen) atoms. The molecule has 7 heteroatoms. The van der Waals surface area contributed by atoms with Crippen LogP contribution in [-0.2, 0) is 4.79 Å². The number of ether oxygens (including phenoxy) is 2. The number of hydrogen-bond donors (Lipinski definition) is 2. The monoisotopic (exact) mass is 405 g/mol. The number of para-hydroxylation sites is 2. The fraction of sp³-hybridized carbons (Fsp3) is 0.174. The summed E-state index contributed by atoms with van der Waals surface area (Å²) < 4.78 is 11.3. The summed E-state index contributed by atoms with van der Waals surface area (Å²) in [4.78, 5) is 28.4. The highest BCUT2D eigenvalue weighted by Crippen LogP contribution is 2.18. The van der Waals surface area contributed by atoms with Crippen LogP contribution in [0.25, 0.3) is 0 Å². The predicted molar refractivity (Wildman–Crippen MR) is 114 cm³/mol. The zero-order valence-corrected chi connectivity index (χ0v) is 16.4. The van der Waals surface area contributed by atoms with Crippen molar-refractivity contribution in [2.75, 3.05) is 25.1 Å². The highest BCUT2D eigenvalue weighted by molar-refractivity contribution is 5.97. The Kier molecular flexibility index (Phi) is 7.79. The molecule has 0 radical (unpaired) electrons. The van der Waals surface area contributed by atoms with Crippen LogP contribution < -0.4 is 20.1 Å². The van der Waals surface area contributed by atoms with E-state index < -0.39 is 0 Å². The lowest BCUT2D eigenvalue weighted by Gasteiger charge is -2.12. The van der Waals surface area contributed by atoms with Gasteiger partial charge < -0.3 is 20.1 Å². The summed E-state index contributed by atoms with van der Waals surface area (Å²) in [5.74, 6) is 0.720. The molecule has 0 saturated carbocycles. The molecule has 0 unspecified atom stereocenters. The Morgan fingerprint density at radius 3 is 2.43 bits per heavy atom. The second kappa shape index (κ2) is 11.2. The van der Waals surface area contributed by atoms with Crippen LogP contribution in [0.3, 0.4) is 0 Å². The van der Waals surface area contributed by atoms with E-state index in [1.807, 2.05) is 30.3 Å². The lowest BCUT2D eigenvalue weighted by atomic mass is 10.2. The second-order valence-electron chi connectivity index (χ2n) is 6.30. The van der Waals surface area contributed by atoms with Crippen molar-refractivity contribution in [1.29, 1.82) is 0 Å². The molecule has 2 amide bonds. The first kappa shape index (κ1) is 20.9. The van der Waals surface area contributed by atoms with Crippen molar-refractivity contribution in [2.45, 2.75) is 6.42 Å². The van der Waals surface area contributed by atoms with E-state index in [1.54, 1.807) is 48.8 Å². The number of nitrogens with one attached hydrogen (secondary N) is 2. The van der Waals surface area contributed by atoms with Gasteiger partial charge in [-0.1, -0.05) is 30.3 Å². The molecule has 0 atom stereocenters. The maximum atomic E-state index is 12.5. The minimum absolute atomic E-state index is 0.147. The molecule has 0 bridgehead atoms. The maximum absolute atomic E-state index is 12.5. The van der Waals surface area contributed by atoms with Crippen LogP contribution in [0.1, 0.15) is 16.8 Å². The average Bonchev–Trinajstić information content (AvgIpc) is 2.78. The molecule has 0 aliphatic rings. The molecule has 0 saturated heterocycles. The fourth-order valence-electron chi connectivity index (χ4n) is 2.65. The van der Waals surface area contributed by atoms with Crippen LogP contribution in [-0.4, -0.2) is 36.6 Å². The van der Waals surface area contributed by atoms with Crippen LogP contribution >= 0.6 is 0 Å². The van der Waals surface area contributed by atoms with E-state index in [0.717, 1.165) is 5.75 Å². The molecule has 3 aromatic rings. The van der Waals surface area contributed by atoms with Gasteiger partial charge in [-0.2, -0.15) is 0 Å². The van der Waals surface area contributed by atoms with Crippen molar-refractivity contribution in [3.63, 3.8) is 0 Å². The Morgan fingerprint density at radius 2 is 1.63 bits per heavy atom. The van der Waals surface area contributed by atoms with Crippen molar-refractivity contribution < 1.29 is 19.1 Å². The molecule has 0 fully saturated rings. The lowest BCUT2D eigenvalue weighted by molar-refractivity contribution is -0.116. The number of carbonyl (C=O) groups is 2. The second-order valence-corrected chi connectivity index (χ2v) is 6.30. The van der Waals surface area contributed by atoms with Gasteiger partial charge in [0, 0.05) is 19.2 Å². The number of rotatable bonds is 10. The number of amides is 2. The van der Waals surface area contributed by atoms with Gasteiger partial charge in [-0.3, -0.25) is 14.6 Å². The number of benzene rings is 2. The molecule has 0 spiro atoms. The summed E-state index contributed by atoms with van der Waals surface area (Å²) >= 11 is 0. The summed E-state index contributed by atoms with van der Waals surface area (Å²) in [5, 5.41) is 5.47. The molecule has 154 valence electrons. The van der Waals surface area contributed by atoms with Crippen LogP contribution in [0, 0.1) is 0 Å². The standard InChI is InChI=1S/C23H23N3O4/c27-22(26-18-7-6-13-24-17-18)12-14-25-23(28)20-10-4-5-11-21(20)30-16-15-29-19-8-2-1-3-9-19/h1-11,13,17H,12,14-16H2,(H,25,28)(H,26,27). The lowest BCUT2D eigenvalue weighted by Crippen LogP contribution is -2.28. The maximum Gasteiger partial charge on any atom is 0.255 e. The third kappa shape index (κ3) is 6.63. The van der Waals surface area contributed by atoms with Crippen LogP contribution in [0.4, 0.5) is 5.69 Å². The average molecular weight is 405 g/mol. The molecule has 3 rings (SSSR count). The van der Waals surface area contributed by atoms with Crippen LogP contribution in [0.2, 0.25) is 0 Å². The van der Waals surface area contributed by atoms with E-state index >= 15 is 0 Å². The quantitative estimate of drug-likeness (QED) is 0.505. The SMILES string of the molecule is O=C(CCNC(=O)c1ccccc1OCCOc1ccccc1)Nc1cccnc1. The summed E-state index contributed by atoms with van der Waals surface area (Å²) in [6.07, 6.45) is 3.34. The third-order valence-corrected chi connectivity index (χ3v) is 4.07. The predicted octanol–water partition coefficient (Wildman–Crippen LogP) is 3.30. The molecule has 2 aromatic carbocycles. The smallest absolute Gasteiger partial charge is 0.255 e. The Balaban J connectivity index is 1.43. The van der Waals surface area contributed by atoms with Crippen molar-refractivity contribution in [3.05, 3.63) is 84.7 Å². The number of nitrogens with zero attached hydrogens (tertiary/aromatic N) is 1. The van der Waals surface area contributed by atoms with Crippen LogP contribution in [0.15, 0.2) is 79.1 Å². The van der Waals surface area contributed by atoms with Crippen molar-refractivity contribution in [1.82, 2.24) is 10.3 Å². The number of hydrogen-bond acceptors (Lipinski definition) is 5. The van der Waals surface area contributed by atoms with Gasteiger partial charge in [-0.15, -0.1) is 0 Å². The number of aromatic nitrogens is 1. The number of pyridine rings is 1. The molecular weight excluding hydrogens is 382 g/mol. The Hall–Kier alpha value is -3.87. The van der Waals surface area contributed by atoms with Gasteiger partial charge in [-0.25, -0.2) is 0 Å². The summed E-state index contributed by atoms with van der Waals surface area (Å²) in [6.45, 7) is 0.859. The fourth-order valence-corrected chi connectivity index (χ4v) is 2.65. The Morgan fingerprint density at radius 1 is 0.867 bits per heavy atom. The minimum Gasteiger partial charge on any atom is -0.490 e. The molecule has 7 nitrogen and oxygen atoms in total. The summed E-state index contributed by atoms with van der Waals surface area (Å²) in [7, 11) is 0. The molecule has 1 aromatic heterocycles. The van der Waals surface area contributed by atoms with E-state index in [-0.39, 0.29) is 24.8 Å². The largest absolute Gasteiger partial charge is 0.490 e. The van der Waals surface area contributed by atoms with E-state index in [1.165, 1.54) is 0 Å². The van der Waals surface area contributed by atoms with E-state index in [4.69, 9.17) is 9.47 Å². The molecule has 0 aliphatic heterocycles. The first-order chi connectivity index (χ1) is 14.7. The zero-order chi connectivity index (χ0) is 21.0. The minimum atomic E-state index is -0.302. The van der Waals surface area contributed by atoms with Crippen LogP contribution in [0.5, 0.6) is 11.5 Å². The summed E-state index contributed by atoms with van der Waals surface area (Å²) in [6, 6.07) is 19.9. The molecule has 1 heterocycles. The highest BCUT2D eigenvalue weighted by Gasteiger charge is 2.12. The van der Waals surface area contributed by atoms with E-state index in [0.29, 0.717) is 30.2 Å². The van der Waals surface area contributed by atoms with Gasteiger partial charge in [0.1, 0.15) is 24.7 Å². The van der Waals surface area contributed by atoms with Gasteiger partial charge >= 0.3 is 0 Å². The summed E-state index contributed by atoms with van der Waals surface area (Å²) in [5.41, 5.74) is 1.02. The first-order valence-corrected chi connectivity index (χ1v) is 9.60. The van der Waals surface area contributed by atoms with Crippen molar-refractivity contribution in [3.8, 4) is 11.5 Å². The highest BCUT2D eigenvalue weighted by atomic mass is 16.5. The topological polar surface area (TPSA) is 89.6 Å². The van der Waals surface area contributed by atoms with Gasteiger partial charge in [0.2, 0.25) is 5.91 Å². The Bertz CT molecular complexity index is 949. The van der Waals surface area contributed by atoms with Gasteiger partial charge in [0.25, 0.3) is 5.91 Å². The first-order valence-electron chi connectivity index (χ1n) is 9.60. The molecule has 2 N–H and O–H groups in total. The Labute approximate surface area is 175 Å². The normalized spacial score (nSPS) is 10.1. The molecule has 0 aliphatic carbocycles. The van der Waals surface area contributed by atoms with Gasteiger partial charge in [0.15, 0.2) is 0 Å². The van der Waals surface area contributed by atoms with Gasteiger partial charge in [-0.05, 0) is 36.4 Å². The third-order valence-electron chi connectivity index (χ3n) is 4.07. The zero-order valence-electron chi connectivity index (χ0n) is 16.4. The van der Waals surface area contributed by atoms with E-state index in [2.05, 4.69) is 15.6 Å². The van der Waals surface area contributed by atoms with Crippen molar-refractivity contribution >= 4 is 17.5 Å². The molecular formula is C23H23N3O4. The van der Waals surface area contributed by atoms with Gasteiger partial charge in [0.05, 0.1) is 17.4 Å².